The molecule has 1 aromatic carbocycles. The monoisotopic (exact) mass is 316 g/mol. The van der Waals surface area contributed by atoms with Gasteiger partial charge in [0.05, 0.1) is 11.1 Å². The normalized spacial score (nSPS) is 10.2. The van der Waals surface area contributed by atoms with Crippen LogP contribution in [0.5, 0.6) is 0 Å². The average molecular weight is 317 g/mol. The third kappa shape index (κ3) is 2.94. The molecule has 0 unspecified atom stereocenters. The Labute approximate surface area is 133 Å². The third-order valence-corrected chi connectivity index (χ3v) is 3.19. The van der Waals surface area contributed by atoms with Crippen molar-refractivity contribution in [1.29, 1.82) is 0 Å². The van der Waals surface area contributed by atoms with Crippen molar-refractivity contribution >= 4 is 28.5 Å². The van der Waals surface area contributed by atoms with Crippen molar-refractivity contribution in [3.63, 3.8) is 0 Å². The number of amides is 1. The summed E-state index contributed by atoms with van der Waals surface area (Å²) in [7, 11) is 0. The van der Waals surface area contributed by atoms with Crippen molar-refractivity contribution in [3.05, 3.63) is 52.8 Å². The van der Waals surface area contributed by atoms with Gasteiger partial charge in [-0.1, -0.05) is 37.6 Å². The minimum absolute atomic E-state index is 0.186. The van der Waals surface area contributed by atoms with Gasteiger partial charge >= 0.3 is 0 Å². The molecular formula is C16H17ClN4O. The molecular weight excluding hydrogens is 300 g/mol. The Hall–Kier alpha value is -2.40. The van der Waals surface area contributed by atoms with E-state index in [1.54, 1.807) is 16.8 Å². The second kappa shape index (κ2) is 6.58. The zero-order valence-electron chi connectivity index (χ0n) is 12.7. The first-order valence-corrected chi connectivity index (χ1v) is 7.36. The second-order valence-corrected chi connectivity index (χ2v) is 4.86. The molecule has 2 N–H and O–H groups in total. The first kappa shape index (κ1) is 16.0. The quantitative estimate of drug-likeness (QED) is 0.735. The van der Waals surface area contributed by atoms with E-state index in [1.807, 2.05) is 45.0 Å². The Morgan fingerprint density at radius 3 is 2.59 bits per heavy atom. The molecule has 22 heavy (non-hydrogen) atoms. The van der Waals surface area contributed by atoms with Gasteiger partial charge in [-0.05, 0) is 36.8 Å². The van der Waals surface area contributed by atoms with Gasteiger partial charge in [0.15, 0.2) is 11.3 Å². The van der Waals surface area contributed by atoms with Gasteiger partial charge in [0.1, 0.15) is 5.15 Å². The lowest BCUT2D eigenvalue weighted by Gasteiger charge is -2.03. The van der Waals surface area contributed by atoms with E-state index in [0.717, 1.165) is 11.3 Å². The highest BCUT2D eigenvalue weighted by Gasteiger charge is 2.17. The van der Waals surface area contributed by atoms with E-state index in [-0.39, 0.29) is 5.69 Å². The molecule has 0 bridgehead atoms. The number of nitrogens with two attached hydrogens (primary N) is 1. The van der Waals surface area contributed by atoms with Gasteiger partial charge in [0.25, 0.3) is 5.91 Å². The number of rotatable bonds is 2. The number of pyridine rings is 1. The summed E-state index contributed by atoms with van der Waals surface area (Å²) in [5.41, 5.74) is 7.94. The topological polar surface area (TPSA) is 73.8 Å². The number of nitrogens with zero attached hydrogens (tertiary/aromatic N) is 3. The van der Waals surface area contributed by atoms with Crippen LogP contribution in [0.25, 0.3) is 16.7 Å². The predicted octanol–water partition coefficient (Wildman–Crippen LogP) is 3.51. The van der Waals surface area contributed by atoms with Crippen LogP contribution in [0.2, 0.25) is 5.15 Å². The molecule has 114 valence electrons. The van der Waals surface area contributed by atoms with Crippen molar-refractivity contribution in [2.75, 3.05) is 0 Å². The summed E-state index contributed by atoms with van der Waals surface area (Å²) >= 11 is 5.93. The Balaban J connectivity index is 0.000000847. The maximum atomic E-state index is 11.5. The molecule has 6 heteroatoms. The van der Waals surface area contributed by atoms with Crippen LogP contribution in [0.4, 0.5) is 0 Å². The van der Waals surface area contributed by atoms with E-state index < -0.39 is 5.91 Å². The lowest BCUT2D eigenvalue weighted by atomic mass is 10.2. The van der Waals surface area contributed by atoms with Crippen molar-refractivity contribution in [3.8, 4) is 5.69 Å². The predicted molar refractivity (Wildman–Crippen MR) is 88.5 cm³/mol. The molecule has 5 nitrogen and oxygen atoms in total. The minimum atomic E-state index is -0.592. The number of benzene rings is 1. The molecule has 0 aliphatic rings. The summed E-state index contributed by atoms with van der Waals surface area (Å²) in [6, 6.07) is 11.0. The molecule has 0 atom stereocenters. The number of carbonyl (C=O) groups excluding carboxylic acids is 1. The third-order valence-electron chi connectivity index (χ3n) is 2.98. The van der Waals surface area contributed by atoms with Crippen LogP contribution < -0.4 is 5.73 Å². The van der Waals surface area contributed by atoms with Crippen molar-refractivity contribution < 1.29 is 4.79 Å². The van der Waals surface area contributed by atoms with E-state index in [4.69, 9.17) is 17.3 Å². The maximum absolute atomic E-state index is 11.5. The van der Waals surface area contributed by atoms with E-state index in [0.29, 0.717) is 16.2 Å². The van der Waals surface area contributed by atoms with Crippen LogP contribution >= 0.6 is 11.6 Å². The van der Waals surface area contributed by atoms with Crippen molar-refractivity contribution in [1.82, 2.24) is 14.8 Å². The molecule has 2 heterocycles. The fourth-order valence-electron chi connectivity index (χ4n) is 2.09. The summed E-state index contributed by atoms with van der Waals surface area (Å²) in [4.78, 5) is 15.7. The Morgan fingerprint density at radius 1 is 1.23 bits per heavy atom. The summed E-state index contributed by atoms with van der Waals surface area (Å²) in [5.74, 6) is -0.592. The zero-order valence-corrected chi connectivity index (χ0v) is 13.4. The number of aryl methyl sites for hydroxylation is 1. The molecule has 0 fully saturated rings. The van der Waals surface area contributed by atoms with E-state index in [2.05, 4.69) is 10.1 Å². The van der Waals surface area contributed by atoms with Crippen molar-refractivity contribution in [2.45, 2.75) is 20.8 Å². The molecule has 0 saturated heterocycles. The van der Waals surface area contributed by atoms with Crippen LogP contribution in [0.1, 0.15) is 29.9 Å². The van der Waals surface area contributed by atoms with Gasteiger partial charge in [-0.2, -0.15) is 5.10 Å². The SMILES string of the molecule is CC.Cc1cccc(-n2nc(C(N)=O)c3ccc(Cl)nc32)c1. The highest BCUT2D eigenvalue weighted by atomic mass is 35.5. The molecule has 0 saturated carbocycles. The van der Waals surface area contributed by atoms with Crippen LogP contribution in [-0.4, -0.2) is 20.7 Å². The lowest BCUT2D eigenvalue weighted by Crippen LogP contribution is -2.12. The number of hydrogen-bond acceptors (Lipinski definition) is 3. The average Bonchev–Trinajstić information content (AvgIpc) is 2.88. The number of aromatic nitrogens is 3. The summed E-state index contributed by atoms with van der Waals surface area (Å²) in [6.07, 6.45) is 0. The van der Waals surface area contributed by atoms with Crippen LogP contribution in [0.3, 0.4) is 0 Å². The first-order valence-electron chi connectivity index (χ1n) is 6.98. The van der Waals surface area contributed by atoms with Crippen LogP contribution in [-0.2, 0) is 0 Å². The minimum Gasteiger partial charge on any atom is -0.364 e. The number of primary amides is 1. The van der Waals surface area contributed by atoms with Gasteiger partial charge in [0, 0.05) is 0 Å². The number of fused-ring (bicyclic) bond motifs is 1. The number of carbonyl (C=O) groups is 1. The largest absolute Gasteiger partial charge is 0.364 e. The van der Waals surface area contributed by atoms with Crippen LogP contribution in [0.15, 0.2) is 36.4 Å². The van der Waals surface area contributed by atoms with Gasteiger partial charge in [0.2, 0.25) is 0 Å². The molecule has 3 aromatic rings. The van der Waals surface area contributed by atoms with E-state index >= 15 is 0 Å². The summed E-state index contributed by atoms with van der Waals surface area (Å²) < 4.78 is 1.58. The first-order chi connectivity index (χ1) is 10.6. The molecule has 1 amide bonds. The van der Waals surface area contributed by atoms with Gasteiger partial charge in [-0.25, -0.2) is 9.67 Å². The van der Waals surface area contributed by atoms with Crippen molar-refractivity contribution in [2.24, 2.45) is 5.73 Å². The summed E-state index contributed by atoms with van der Waals surface area (Å²) in [6.45, 7) is 5.98. The Kier molecular flexibility index (Phi) is 4.78. The molecule has 0 aliphatic carbocycles. The standard InChI is InChI=1S/C14H11ClN4O.C2H6/c1-8-3-2-4-9(7-8)19-14-10(5-6-11(15)17-14)12(18-19)13(16)20;1-2/h2-7H,1H3,(H2,16,20);1-2H3. The highest BCUT2D eigenvalue weighted by molar-refractivity contribution is 6.29. The van der Waals surface area contributed by atoms with Gasteiger partial charge in [-0.3, -0.25) is 4.79 Å². The molecule has 0 spiro atoms. The maximum Gasteiger partial charge on any atom is 0.269 e. The van der Waals surface area contributed by atoms with Gasteiger partial charge in [-0.15, -0.1) is 0 Å². The fourth-order valence-corrected chi connectivity index (χ4v) is 2.24. The van der Waals surface area contributed by atoms with Crippen LogP contribution in [0, 0.1) is 6.92 Å². The Morgan fingerprint density at radius 2 is 1.95 bits per heavy atom. The molecule has 2 aromatic heterocycles. The summed E-state index contributed by atoms with van der Waals surface area (Å²) in [5, 5.41) is 5.18. The second-order valence-electron chi connectivity index (χ2n) is 4.47. The van der Waals surface area contributed by atoms with E-state index in [1.165, 1.54) is 0 Å². The molecule has 0 radical (unpaired) electrons. The van der Waals surface area contributed by atoms with Gasteiger partial charge < -0.3 is 5.73 Å². The number of hydrogen-bond donors (Lipinski definition) is 1. The molecule has 3 rings (SSSR count). The Bertz CT molecular complexity index is 826. The zero-order chi connectivity index (χ0) is 16.3. The fraction of sp³-hybridized carbons (Fsp3) is 0.188. The number of halogens is 1. The lowest BCUT2D eigenvalue weighted by molar-refractivity contribution is 0.0996. The highest BCUT2D eigenvalue weighted by Crippen LogP contribution is 2.22. The molecule has 0 aliphatic heterocycles. The smallest absolute Gasteiger partial charge is 0.269 e. The van der Waals surface area contributed by atoms with E-state index in [9.17, 15) is 4.79 Å².